The van der Waals surface area contributed by atoms with Crippen molar-refractivity contribution in [2.45, 2.75) is 182 Å². The molecule has 0 spiro atoms. The summed E-state index contributed by atoms with van der Waals surface area (Å²) in [6.45, 7) is -1.05. The number of aromatic hydroxyl groups is 1. The van der Waals surface area contributed by atoms with Gasteiger partial charge in [-0.3, -0.25) is 62.5 Å². The Morgan fingerprint density at radius 3 is 1.91 bits per heavy atom. The number of hydrogen-bond acceptors (Lipinski definition) is 22. The first-order valence-corrected chi connectivity index (χ1v) is 34.3. The minimum absolute atomic E-state index is 0.0414. The highest BCUT2D eigenvalue weighted by Crippen LogP contribution is 2.27. The molecule has 2 aromatic rings. The van der Waals surface area contributed by atoms with Crippen LogP contribution < -0.4 is 71.2 Å². The van der Waals surface area contributed by atoms with Crippen molar-refractivity contribution in [3.05, 3.63) is 65.7 Å². The standard InChI is InChI=1S/C61H91N15O19S2/c62-45(79)22-21-37-53(87)74-40(28-46(63)80)56(90)75-42(59(93)76-24-11-15-43(76)58(92)71-36(14-10-23-67-61(65)66)52(86)68-29-47(64)81)32-97-96-31-41(69-48(82)16-8-3-1-2-4-9-25-94-60-51(85)50(84)49(83)44(30-77)95-60)57(91)73-39(27-34-17-19-35(78)20-18-34)55(89)72-38(54(88)70-37)26-33-12-6-5-7-13-33/h5-7,12-13,17-20,36-44,49-51,60,77-78,83-85H,1-4,8-11,14-16,21-32H2,(H2,62,79)(H2,63,80)(H2,64,81)(H,68,86)(H,69,82)(H,70,88)(H,71,92)(H,72,89)(H,73,91)(H,74,87)(H,75,90)(H4,65,66,67)/t36-,37?,38-,39?,40?,41-,42-,43-,44+,49+,50-,51+,60+/m0/s1. The number of primary amides is 3. The normalized spacial score (nSPS) is 24.9. The van der Waals surface area contributed by atoms with E-state index in [0.29, 0.717) is 49.7 Å². The number of nitrogens with one attached hydrogen (secondary N) is 8. The highest BCUT2D eigenvalue weighted by molar-refractivity contribution is 8.76. The zero-order valence-electron chi connectivity index (χ0n) is 53.5. The molecule has 3 unspecified atom stereocenters. The van der Waals surface area contributed by atoms with Gasteiger partial charge in [0.05, 0.1) is 19.6 Å². The summed E-state index contributed by atoms with van der Waals surface area (Å²) in [7, 11) is 1.87. The summed E-state index contributed by atoms with van der Waals surface area (Å²) in [6.07, 6.45) is -5.53. The number of carbonyl (C=O) groups is 12. The molecule has 3 aliphatic rings. The van der Waals surface area contributed by atoms with Gasteiger partial charge >= 0.3 is 0 Å². The SMILES string of the molecule is NC(=O)CCC1NC(=O)[C@H](Cc2ccccc2)NC(=O)C(Cc2ccc(O)cc2)NC(=O)[C@@H](NC(=O)CCCCCCCCO[C@@H]2O[C@H](CO)[C@@H](O)[C@H](O)[C@H]2O)CSSC[C@@H](C(=O)N2CCC[C@H]2C(=O)N[C@@H](CCCN=C(N)N)C(=O)NCC(N)=O)NC(=O)C(CC(N)=O)NC1=O. The Morgan fingerprint density at radius 1 is 0.670 bits per heavy atom. The number of likely N-dealkylation sites (tertiary alicyclic amines) is 1. The Kier molecular flexibility index (Phi) is 33.5. The smallest absolute Gasteiger partial charge is 0.246 e. The second-order valence-electron chi connectivity index (χ2n) is 23.6. The number of aliphatic hydroxyl groups is 4. The molecule has 0 aromatic heterocycles. The molecule has 3 fully saturated rings. The maximum Gasteiger partial charge on any atom is 0.246 e. The fraction of sp³-hybridized carbons (Fsp3) is 0.590. The first-order chi connectivity index (χ1) is 46.2. The van der Waals surface area contributed by atoms with Crippen molar-refractivity contribution in [1.29, 1.82) is 0 Å². The molecule has 2 aromatic carbocycles. The molecule has 0 bridgehead atoms. The van der Waals surface area contributed by atoms with Gasteiger partial charge in [0.2, 0.25) is 70.9 Å². The van der Waals surface area contributed by atoms with Crippen LogP contribution in [0.5, 0.6) is 5.75 Å². The number of hydrogen-bond donors (Lipinski definition) is 18. The maximum atomic E-state index is 15.0. The van der Waals surface area contributed by atoms with E-state index in [0.717, 1.165) is 26.5 Å². The minimum atomic E-state index is -1.87. The summed E-state index contributed by atoms with van der Waals surface area (Å²) in [5.74, 6) is -12.0. The molecule has 36 heteroatoms. The van der Waals surface area contributed by atoms with E-state index in [1.807, 2.05) is 0 Å². The van der Waals surface area contributed by atoms with E-state index in [-0.39, 0.29) is 87.9 Å². The first kappa shape index (κ1) is 79.3. The van der Waals surface area contributed by atoms with Gasteiger partial charge in [-0.15, -0.1) is 0 Å². The number of ether oxygens (including phenoxy) is 2. The van der Waals surface area contributed by atoms with Crippen molar-refractivity contribution >= 4 is 98.4 Å². The van der Waals surface area contributed by atoms with Crippen LogP contribution in [0.3, 0.4) is 0 Å². The van der Waals surface area contributed by atoms with Crippen molar-refractivity contribution in [2.75, 3.05) is 44.4 Å². The molecule has 34 nitrogen and oxygen atoms in total. The van der Waals surface area contributed by atoms with E-state index in [2.05, 4.69) is 47.5 Å². The zero-order chi connectivity index (χ0) is 71.1. The van der Waals surface area contributed by atoms with Crippen molar-refractivity contribution in [3.63, 3.8) is 0 Å². The molecule has 3 heterocycles. The van der Waals surface area contributed by atoms with Gasteiger partial charge in [-0.1, -0.05) is 89.7 Å². The molecule has 0 aliphatic carbocycles. The number of nitrogens with zero attached hydrogens (tertiary/aromatic N) is 2. The number of aliphatic hydroxyl groups excluding tert-OH is 4. The Bertz CT molecular complexity index is 3030. The third-order valence-electron chi connectivity index (χ3n) is 15.9. The molecule has 97 heavy (non-hydrogen) atoms. The molecular formula is C61H91N15O19S2. The fourth-order valence-corrected chi connectivity index (χ4v) is 13.0. The Balaban J connectivity index is 1.46. The molecular weight excluding hydrogens is 1310 g/mol. The predicted molar refractivity (Wildman–Crippen MR) is 352 cm³/mol. The number of aliphatic imine (C=N–C) groups is 1. The number of nitrogens with two attached hydrogens (primary N) is 5. The predicted octanol–water partition coefficient (Wildman–Crippen LogP) is -5.70. The fourth-order valence-electron chi connectivity index (χ4n) is 10.7. The molecule has 0 radical (unpaired) electrons. The van der Waals surface area contributed by atoms with Crippen LogP contribution in [0.25, 0.3) is 0 Å². The van der Waals surface area contributed by atoms with E-state index in [1.165, 1.54) is 24.3 Å². The van der Waals surface area contributed by atoms with E-state index in [1.54, 1.807) is 30.3 Å². The van der Waals surface area contributed by atoms with E-state index < -0.39 is 182 Å². The first-order valence-electron chi connectivity index (χ1n) is 31.8. The van der Waals surface area contributed by atoms with Crippen LogP contribution in [0.2, 0.25) is 0 Å². The number of phenolic OH excluding ortho intramolecular Hbond substituents is 1. The molecule has 536 valence electrons. The van der Waals surface area contributed by atoms with Gasteiger partial charge in [0.25, 0.3) is 0 Å². The topological polar surface area (TPSA) is 566 Å². The monoisotopic (exact) mass is 1400 g/mol. The Morgan fingerprint density at radius 2 is 1.27 bits per heavy atom. The molecule has 3 saturated heterocycles. The summed E-state index contributed by atoms with van der Waals surface area (Å²) in [6, 6.07) is 1.80. The quantitative estimate of drug-likeness (QED) is 0.0145. The zero-order valence-corrected chi connectivity index (χ0v) is 55.1. The largest absolute Gasteiger partial charge is 0.508 e. The van der Waals surface area contributed by atoms with E-state index in [9.17, 15) is 83.1 Å². The van der Waals surface area contributed by atoms with Crippen molar-refractivity contribution in [1.82, 2.24) is 47.4 Å². The maximum absolute atomic E-state index is 15.0. The summed E-state index contributed by atoms with van der Waals surface area (Å²) < 4.78 is 11.0. The summed E-state index contributed by atoms with van der Waals surface area (Å²) in [4.78, 5) is 171. The van der Waals surface area contributed by atoms with Crippen LogP contribution in [0.15, 0.2) is 59.6 Å². The van der Waals surface area contributed by atoms with Crippen LogP contribution >= 0.6 is 21.6 Å². The van der Waals surface area contributed by atoms with Gasteiger partial charge < -0.3 is 111 Å². The average Bonchev–Trinajstić information content (AvgIpc) is 1.09. The van der Waals surface area contributed by atoms with Gasteiger partial charge in [-0.25, -0.2) is 0 Å². The number of rotatable bonds is 31. The highest BCUT2D eigenvalue weighted by atomic mass is 33.1. The van der Waals surface area contributed by atoms with Gasteiger partial charge in [0, 0.05) is 56.9 Å². The van der Waals surface area contributed by atoms with Crippen LogP contribution in [-0.2, 0) is 79.8 Å². The molecule has 0 saturated carbocycles. The van der Waals surface area contributed by atoms with Crippen LogP contribution in [0, 0.1) is 0 Å². The number of guanidine groups is 1. The number of unbranched alkanes of at least 4 members (excludes halogenated alkanes) is 5. The lowest BCUT2D eigenvalue weighted by Crippen LogP contribution is -2.61. The van der Waals surface area contributed by atoms with Crippen LogP contribution in [-0.4, -0.2) is 231 Å². The minimum Gasteiger partial charge on any atom is -0.508 e. The van der Waals surface area contributed by atoms with Crippen LogP contribution in [0.1, 0.15) is 101 Å². The Hall–Kier alpha value is -8.39. The third-order valence-corrected chi connectivity index (χ3v) is 18.3. The van der Waals surface area contributed by atoms with Crippen molar-refractivity contribution in [3.8, 4) is 5.75 Å². The number of benzene rings is 2. The lowest BCUT2D eigenvalue weighted by molar-refractivity contribution is -0.301. The molecule has 12 amide bonds. The van der Waals surface area contributed by atoms with Gasteiger partial charge in [-0.05, 0) is 68.2 Å². The summed E-state index contributed by atoms with van der Waals surface area (Å²) in [5, 5.41) is 70.7. The molecule has 23 N–H and O–H groups in total. The summed E-state index contributed by atoms with van der Waals surface area (Å²) >= 11 is 0. The third kappa shape index (κ3) is 27.2. The number of amides is 12. The summed E-state index contributed by atoms with van der Waals surface area (Å²) in [5.41, 5.74) is 28.2. The van der Waals surface area contributed by atoms with E-state index in [4.69, 9.17) is 38.1 Å². The van der Waals surface area contributed by atoms with Gasteiger partial charge in [0.15, 0.2) is 12.2 Å². The molecule has 5 rings (SSSR count). The average molecular weight is 1400 g/mol. The molecule has 13 atom stereocenters. The van der Waals surface area contributed by atoms with Crippen molar-refractivity contribution in [2.24, 2.45) is 33.7 Å². The lowest BCUT2D eigenvalue weighted by Gasteiger charge is -2.39. The lowest BCUT2D eigenvalue weighted by atomic mass is 9.99. The van der Waals surface area contributed by atoms with E-state index >= 15 is 0 Å². The van der Waals surface area contributed by atoms with Crippen molar-refractivity contribution < 1.29 is 92.5 Å². The second-order valence-corrected chi connectivity index (χ2v) is 26.1. The number of carbonyl (C=O) groups excluding carboxylic acids is 12. The van der Waals surface area contributed by atoms with Gasteiger partial charge in [0.1, 0.15) is 78.5 Å². The number of phenols is 1. The van der Waals surface area contributed by atoms with Gasteiger partial charge in [-0.2, -0.15) is 0 Å². The Labute approximate surface area is 567 Å². The molecule has 3 aliphatic heterocycles. The highest BCUT2D eigenvalue weighted by Gasteiger charge is 2.45. The second kappa shape index (κ2) is 41.0. The van der Waals surface area contributed by atoms with Crippen LogP contribution in [0.4, 0.5) is 0 Å².